The van der Waals surface area contributed by atoms with Crippen LogP contribution in [-0.4, -0.2) is 19.6 Å². The molecule has 1 aliphatic rings. The molecular weight excluding hydrogens is 429 g/mol. The van der Waals surface area contributed by atoms with Crippen LogP contribution in [0.25, 0.3) is 0 Å². The molecule has 1 aliphatic heterocycles. The number of benzene rings is 4. The Balaban J connectivity index is 1.94. The highest BCUT2D eigenvalue weighted by Gasteiger charge is 2.59. The first-order valence-corrected chi connectivity index (χ1v) is 14.8. The molecular formula is C28H26S2Si. The molecule has 1 fully saturated rings. The van der Waals surface area contributed by atoms with Crippen LogP contribution in [0.4, 0.5) is 0 Å². The largest absolute Gasteiger partial charge is 0.181 e. The molecule has 0 unspecified atom stereocenters. The van der Waals surface area contributed by atoms with E-state index in [9.17, 15) is 0 Å². The predicted molar refractivity (Wildman–Crippen MR) is 142 cm³/mol. The maximum absolute atomic E-state index is 2.49. The van der Waals surface area contributed by atoms with Crippen molar-refractivity contribution in [2.75, 3.05) is 11.5 Å². The van der Waals surface area contributed by atoms with E-state index in [0.29, 0.717) is 0 Å². The zero-order valence-electron chi connectivity index (χ0n) is 17.5. The molecule has 31 heavy (non-hydrogen) atoms. The molecule has 0 amide bonds. The zero-order valence-corrected chi connectivity index (χ0v) is 20.1. The minimum Gasteiger partial charge on any atom is -0.142 e. The van der Waals surface area contributed by atoms with Gasteiger partial charge in [0, 0.05) is 0 Å². The molecule has 1 saturated heterocycles. The Kier molecular flexibility index (Phi) is 6.08. The molecule has 0 spiro atoms. The summed E-state index contributed by atoms with van der Waals surface area (Å²) in [6.07, 6.45) is 1.27. The third-order valence-electron chi connectivity index (χ3n) is 6.17. The second-order valence-corrected chi connectivity index (χ2v) is 15.5. The van der Waals surface area contributed by atoms with Crippen LogP contribution in [0.3, 0.4) is 0 Å². The third-order valence-corrected chi connectivity index (χ3v) is 16.7. The number of hydrogen-bond acceptors (Lipinski definition) is 2. The molecule has 4 aromatic carbocycles. The van der Waals surface area contributed by atoms with Crippen molar-refractivity contribution in [2.45, 2.75) is 10.1 Å². The van der Waals surface area contributed by atoms with Gasteiger partial charge in [0.2, 0.25) is 0 Å². The fraction of sp³-hybridized carbons (Fsp3) is 0.143. The number of rotatable bonds is 5. The van der Waals surface area contributed by atoms with Gasteiger partial charge >= 0.3 is 0 Å². The van der Waals surface area contributed by atoms with Gasteiger partial charge in [-0.15, -0.1) is 23.5 Å². The van der Waals surface area contributed by atoms with E-state index in [-0.39, 0.29) is 3.70 Å². The summed E-state index contributed by atoms with van der Waals surface area (Å²) in [6.45, 7) is 0. The first-order chi connectivity index (χ1) is 15.4. The molecule has 154 valence electrons. The van der Waals surface area contributed by atoms with E-state index < -0.39 is 8.07 Å². The summed E-state index contributed by atoms with van der Waals surface area (Å²) in [4.78, 5) is 0. The van der Waals surface area contributed by atoms with Gasteiger partial charge in [0.25, 0.3) is 0 Å². The Morgan fingerprint density at radius 2 is 0.839 bits per heavy atom. The summed E-state index contributed by atoms with van der Waals surface area (Å²) in [5.74, 6) is 2.40. The van der Waals surface area contributed by atoms with Gasteiger partial charge in [-0.3, -0.25) is 0 Å². The second kappa shape index (κ2) is 9.11. The summed E-state index contributed by atoms with van der Waals surface area (Å²) in [5.41, 5.74) is 1.45. The van der Waals surface area contributed by atoms with E-state index in [1.807, 2.05) is 0 Å². The highest BCUT2D eigenvalue weighted by Crippen LogP contribution is 2.55. The van der Waals surface area contributed by atoms with E-state index in [0.717, 1.165) is 0 Å². The molecule has 0 bridgehead atoms. The first-order valence-electron chi connectivity index (χ1n) is 10.9. The molecule has 0 aliphatic carbocycles. The average Bonchev–Trinajstić information content (AvgIpc) is 2.88. The second-order valence-electron chi connectivity index (χ2n) is 7.88. The summed E-state index contributed by atoms with van der Waals surface area (Å²) < 4.78 is -0.0312. The Labute approximate surface area is 195 Å². The Morgan fingerprint density at radius 3 is 1.23 bits per heavy atom. The molecule has 0 saturated carbocycles. The topological polar surface area (TPSA) is 0 Å². The van der Waals surface area contributed by atoms with Crippen molar-refractivity contribution in [2.24, 2.45) is 0 Å². The zero-order chi connectivity index (χ0) is 21.0. The van der Waals surface area contributed by atoms with Crippen molar-refractivity contribution >= 4 is 47.2 Å². The monoisotopic (exact) mass is 454 g/mol. The van der Waals surface area contributed by atoms with Gasteiger partial charge in [0.05, 0.1) is 3.70 Å². The predicted octanol–water partition coefficient (Wildman–Crippen LogP) is 5.42. The van der Waals surface area contributed by atoms with Crippen LogP contribution in [-0.2, 0) is 3.70 Å². The van der Waals surface area contributed by atoms with Gasteiger partial charge in [-0.05, 0) is 39.1 Å². The average molecular weight is 455 g/mol. The van der Waals surface area contributed by atoms with Crippen molar-refractivity contribution in [1.82, 2.24) is 0 Å². The lowest BCUT2D eigenvalue weighted by Crippen LogP contribution is -2.76. The maximum Gasteiger partial charge on any atom is 0.181 e. The standard InChI is InChI=1S/C28H26S2Si/c1-5-14-24(15-6-1)28(29-22-13-23-30-28)31(25-16-7-2-8-17-25,26-18-9-3-10-19-26)27-20-11-4-12-21-27/h1-12,14-21H,13,22-23H2. The Bertz CT molecular complexity index is 996. The summed E-state index contributed by atoms with van der Waals surface area (Å²) >= 11 is 4.36. The quantitative estimate of drug-likeness (QED) is 0.292. The van der Waals surface area contributed by atoms with E-state index in [2.05, 4.69) is 145 Å². The van der Waals surface area contributed by atoms with Gasteiger partial charge in [-0.1, -0.05) is 121 Å². The van der Waals surface area contributed by atoms with Crippen LogP contribution < -0.4 is 15.6 Å². The van der Waals surface area contributed by atoms with Gasteiger partial charge < -0.3 is 0 Å². The highest BCUT2D eigenvalue weighted by molar-refractivity contribution is 8.21. The maximum atomic E-state index is 2.38. The summed E-state index contributed by atoms with van der Waals surface area (Å²) in [5, 5.41) is 4.45. The van der Waals surface area contributed by atoms with Crippen molar-refractivity contribution in [3.63, 3.8) is 0 Å². The lowest BCUT2D eigenvalue weighted by molar-refractivity contribution is 1.07. The molecule has 5 rings (SSSR count). The molecule has 0 N–H and O–H groups in total. The molecule has 0 radical (unpaired) electrons. The van der Waals surface area contributed by atoms with Gasteiger partial charge in [0.1, 0.15) is 0 Å². The van der Waals surface area contributed by atoms with Crippen molar-refractivity contribution in [3.8, 4) is 0 Å². The summed E-state index contributed by atoms with van der Waals surface area (Å²) in [6, 6.07) is 45.4. The van der Waals surface area contributed by atoms with E-state index in [1.165, 1.54) is 39.1 Å². The molecule has 0 aromatic heterocycles. The van der Waals surface area contributed by atoms with E-state index in [4.69, 9.17) is 0 Å². The molecule has 4 aromatic rings. The Hall–Kier alpha value is -2.20. The van der Waals surface area contributed by atoms with Gasteiger partial charge in [-0.25, -0.2) is 0 Å². The highest BCUT2D eigenvalue weighted by atomic mass is 32.2. The fourth-order valence-electron chi connectivity index (χ4n) is 4.92. The Morgan fingerprint density at radius 1 is 0.484 bits per heavy atom. The third kappa shape index (κ3) is 3.49. The van der Waals surface area contributed by atoms with Crippen LogP contribution in [0, 0.1) is 0 Å². The van der Waals surface area contributed by atoms with Crippen molar-refractivity contribution in [1.29, 1.82) is 0 Å². The fourth-order valence-corrected chi connectivity index (χ4v) is 17.0. The van der Waals surface area contributed by atoms with Crippen LogP contribution in [0.15, 0.2) is 121 Å². The molecule has 0 atom stereocenters. The SMILES string of the molecule is c1ccc(C2([Si](c3ccccc3)(c3ccccc3)c3ccccc3)SCCCS2)cc1. The minimum atomic E-state index is -2.49. The number of hydrogen-bond donors (Lipinski definition) is 0. The normalized spacial score (nSPS) is 16.0. The van der Waals surface area contributed by atoms with Crippen molar-refractivity contribution in [3.05, 3.63) is 127 Å². The van der Waals surface area contributed by atoms with E-state index >= 15 is 0 Å². The van der Waals surface area contributed by atoms with Gasteiger partial charge in [-0.2, -0.15) is 0 Å². The van der Waals surface area contributed by atoms with E-state index in [1.54, 1.807) is 0 Å². The van der Waals surface area contributed by atoms with Crippen LogP contribution >= 0.6 is 23.5 Å². The van der Waals surface area contributed by atoms with Crippen molar-refractivity contribution < 1.29 is 0 Å². The minimum absolute atomic E-state index is 0.0312. The van der Waals surface area contributed by atoms with Crippen LogP contribution in [0.2, 0.25) is 0 Å². The lowest BCUT2D eigenvalue weighted by atomic mass is 10.2. The van der Waals surface area contributed by atoms with Crippen LogP contribution in [0.1, 0.15) is 12.0 Å². The molecule has 1 heterocycles. The lowest BCUT2D eigenvalue weighted by Gasteiger charge is -2.51. The van der Waals surface area contributed by atoms with Crippen LogP contribution in [0.5, 0.6) is 0 Å². The first kappa shape index (κ1) is 20.7. The van der Waals surface area contributed by atoms with Gasteiger partial charge in [0.15, 0.2) is 8.07 Å². The summed E-state index contributed by atoms with van der Waals surface area (Å²) in [7, 11) is -2.49. The number of thioether (sulfide) groups is 2. The smallest absolute Gasteiger partial charge is 0.142 e. The molecule has 0 nitrogen and oxygen atoms in total. The molecule has 3 heteroatoms.